The van der Waals surface area contributed by atoms with Crippen LogP contribution in [0.2, 0.25) is 0 Å². The molecule has 0 saturated heterocycles. The van der Waals surface area contributed by atoms with Crippen LogP contribution in [0.25, 0.3) is 0 Å². The van der Waals surface area contributed by atoms with Crippen molar-refractivity contribution in [3.63, 3.8) is 0 Å². The van der Waals surface area contributed by atoms with Crippen LogP contribution in [-0.2, 0) is 23.1 Å². The molecular weight excluding hydrogens is 312 g/mol. The highest BCUT2D eigenvalue weighted by Gasteiger charge is 2.20. The van der Waals surface area contributed by atoms with Gasteiger partial charge in [0, 0.05) is 18.9 Å². The molecular formula is C14H17F2N3O2S. The molecule has 0 aliphatic heterocycles. The quantitative estimate of drug-likeness (QED) is 0.884. The number of benzene rings is 1. The first-order valence-corrected chi connectivity index (χ1v) is 8.22. The Morgan fingerprint density at radius 2 is 2.05 bits per heavy atom. The Morgan fingerprint density at radius 3 is 2.73 bits per heavy atom. The highest BCUT2D eigenvalue weighted by molar-refractivity contribution is 7.89. The van der Waals surface area contributed by atoms with Crippen LogP contribution in [-0.4, -0.2) is 18.0 Å². The number of imidazole rings is 1. The second-order valence-electron chi connectivity index (χ2n) is 5.29. The number of sulfonamides is 1. The van der Waals surface area contributed by atoms with E-state index in [1.807, 2.05) is 18.4 Å². The van der Waals surface area contributed by atoms with Crippen molar-refractivity contribution in [2.75, 3.05) is 0 Å². The fraction of sp³-hybridized carbons (Fsp3) is 0.357. The number of nitrogens with zero attached hydrogens (tertiary/aromatic N) is 2. The van der Waals surface area contributed by atoms with Gasteiger partial charge in [0.25, 0.3) is 0 Å². The SMILES string of the molecule is CC(C)Cn1ccnc1CNS(=O)(=O)c1cc(F)ccc1F. The van der Waals surface area contributed by atoms with Gasteiger partial charge in [0.05, 0.1) is 6.54 Å². The first kappa shape index (κ1) is 16.6. The summed E-state index contributed by atoms with van der Waals surface area (Å²) in [5, 5.41) is 0. The van der Waals surface area contributed by atoms with Crippen molar-refractivity contribution < 1.29 is 17.2 Å². The molecule has 0 aliphatic rings. The number of hydrogen-bond acceptors (Lipinski definition) is 3. The van der Waals surface area contributed by atoms with Crippen LogP contribution in [0.15, 0.2) is 35.5 Å². The lowest BCUT2D eigenvalue weighted by Crippen LogP contribution is -2.26. The average molecular weight is 329 g/mol. The third kappa shape index (κ3) is 3.89. The lowest BCUT2D eigenvalue weighted by atomic mass is 10.2. The second-order valence-corrected chi connectivity index (χ2v) is 7.02. The van der Waals surface area contributed by atoms with Gasteiger partial charge in [-0.25, -0.2) is 26.9 Å². The molecule has 0 unspecified atom stereocenters. The molecule has 22 heavy (non-hydrogen) atoms. The van der Waals surface area contributed by atoms with E-state index in [-0.39, 0.29) is 6.54 Å². The molecule has 0 fully saturated rings. The zero-order chi connectivity index (χ0) is 16.3. The molecule has 0 atom stereocenters. The minimum Gasteiger partial charge on any atom is -0.334 e. The van der Waals surface area contributed by atoms with Gasteiger partial charge in [-0.1, -0.05) is 13.8 Å². The summed E-state index contributed by atoms with van der Waals surface area (Å²) in [4.78, 5) is 3.36. The summed E-state index contributed by atoms with van der Waals surface area (Å²) in [5.41, 5.74) is 0. The number of halogens is 2. The Hall–Kier alpha value is -1.80. The molecule has 1 heterocycles. The molecule has 120 valence electrons. The summed E-state index contributed by atoms with van der Waals surface area (Å²) >= 11 is 0. The van der Waals surface area contributed by atoms with E-state index < -0.39 is 26.6 Å². The average Bonchev–Trinajstić information content (AvgIpc) is 2.86. The summed E-state index contributed by atoms with van der Waals surface area (Å²) in [6.07, 6.45) is 3.31. The van der Waals surface area contributed by atoms with Crippen molar-refractivity contribution in [3.05, 3.63) is 48.1 Å². The highest BCUT2D eigenvalue weighted by Crippen LogP contribution is 2.16. The number of aromatic nitrogens is 2. The molecule has 0 radical (unpaired) electrons. The fourth-order valence-electron chi connectivity index (χ4n) is 1.99. The Balaban J connectivity index is 2.17. The number of nitrogens with one attached hydrogen (secondary N) is 1. The molecule has 0 amide bonds. The van der Waals surface area contributed by atoms with E-state index >= 15 is 0 Å². The van der Waals surface area contributed by atoms with Gasteiger partial charge >= 0.3 is 0 Å². The van der Waals surface area contributed by atoms with Crippen LogP contribution < -0.4 is 4.72 Å². The maximum absolute atomic E-state index is 13.6. The van der Waals surface area contributed by atoms with Crippen LogP contribution in [0.1, 0.15) is 19.7 Å². The first-order chi connectivity index (χ1) is 10.3. The van der Waals surface area contributed by atoms with Crippen LogP contribution in [0, 0.1) is 17.6 Å². The fourth-order valence-corrected chi connectivity index (χ4v) is 3.05. The molecule has 5 nitrogen and oxygen atoms in total. The summed E-state index contributed by atoms with van der Waals surface area (Å²) in [6, 6.07) is 2.30. The van der Waals surface area contributed by atoms with E-state index in [0.29, 0.717) is 24.4 Å². The lowest BCUT2D eigenvalue weighted by Gasteiger charge is -2.11. The molecule has 0 aliphatic carbocycles. The molecule has 0 spiro atoms. The zero-order valence-corrected chi connectivity index (χ0v) is 13.1. The van der Waals surface area contributed by atoms with E-state index in [0.717, 1.165) is 12.1 Å². The zero-order valence-electron chi connectivity index (χ0n) is 12.3. The maximum Gasteiger partial charge on any atom is 0.243 e. The predicted molar refractivity (Wildman–Crippen MR) is 77.4 cm³/mol. The normalized spacial score (nSPS) is 12.0. The maximum atomic E-state index is 13.6. The van der Waals surface area contributed by atoms with E-state index in [9.17, 15) is 17.2 Å². The topological polar surface area (TPSA) is 64.0 Å². The number of rotatable bonds is 6. The van der Waals surface area contributed by atoms with E-state index in [2.05, 4.69) is 9.71 Å². The van der Waals surface area contributed by atoms with Crippen molar-refractivity contribution in [1.82, 2.24) is 14.3 Å². The van der Waals surface area contributed by atoms with E-state index in [1.165, 1.54) is 0 Å². The largest absolute Gasteiger partial charge is 0.334 e. The van der Waals surface area contributed by atoms with Crippen LogP contribution in [0.5, 0.6) is 0 Å². The molecule has 1 N–H and O–H groups in total. The second kappa shape index (κ2) is 6.53. The Labute approximate surface area is 128 Å². The molecule has 1 aromatic heterocycles. The molecule has 0 saturated carbocycles. The van der Waals surface area contributed by atoms with Crippen molar-refractivity contribution in [2.24, 2.45) is 5.92 Å². The van der Waals surface area contributed by atoms with Gasteiger partial charge in [0.2, 0.25) is 10.0 Å². The lowest BCUT2D eigenvalue weighted by molar-refractivity contribution is 0.501. The van der Waals surface area contributed by atoms with E-state index in [1.54, 1.807) is 12.4 Å². The van der Waals surface area contributed by atoms with E-state index in [4.69, 9.17) is 0 Å². The molecule has 0 bridgehead atoms. The summed E-state index contributed by atoms with van der Waals surface area (Å²) in [5.74, 6) is -0.943. The molecule has 2 rings (SSSR count). The van der Waals surface area contributed by atoms with Gasteiger partial charge in [0.1, 0.15) is 22.4 Å². The van der Waals surface area contributed by atoms with Crippen molar-refractivity contribution in [3.8, 4) is 0 Å². The van der Waals surface area contributed by atoms with Crippen molar-refractivity contribution in [1.29, 1.82) is 0 Å². The minimum absolute atomic E-state index is 0.0992. The van der Waals surface area contributed by atoms with Gasteiger partial charge in [0.15, 0.2) is 0 Å². The smallest absolute Gasteiger partial charge is 0.243 e. The Bertz CT molecular complexity index is 757. The van der Waals surface area contributed by atoms with Gasteiger partial charge in [-0.3, -0.25) is 0 Å². The molecule has 8 heteroatoms. The van der Waals surface area contributed by atoms with Crippen LogP contribution in [0.4, 0.5) is 8.78 Å². The van der Waals surface area contributed by atoms with Crippen molar-refractivity contribution >= 4 is 10.0 Å². The predicted octanol–water partition coefficient (Wildman–Crippen LogP) is 2.30. The Kier molecular flexibility index (Phi) is 4.92. The molecule has 2 aromatic rings. The summed E-state index contributed by atoms with van der Waals surface area (Å²) in [7, 11) is -4.15. The first-order valence-electron chi connectivity index (χ1n) is 6.74. The van der Waals surface area contributed by atoms with Gasteiger partial charge < -0.3 is 4.57 Å². The van der Waals surface area contributed by atoms with Crippen molar-refractivity contribution in [2.45, 2.75) is 31.8 Å². The summed E-state index contributed by atoms with van der Waals surface area (Å²) in [6.45, 7) is 4.63. The Morgan fingerprint density at radius 1 is 1.32 bits per heavy atom. The van der Waals surface area contributed by atoms with Gasteiger partial charge in [-0.05, 0) is 24.1 Å². The third-order valence-electron chi connectivity index (χ3n) is 2.97. The van der Waals surface area contributed by atoms with Crippen LogP contribution >= 0.6 is 0 Å². The standard InChI is InChI=1S/C14H17F2N3O2S/c1-10(2)9-19-6-5-17-14(19)8-18-22(20,21)13-7-11(15)3-4-12(13)16/h3-7,10,18H,8-9H2,1-2H3. The minimum atomic E-state index is -4.15. The number of hydrogen-bond donors (Lipinski definition) is 1. The van der Waals surface area contributed by atoms with Gasteiger partial charge in [-0.2, -0.15) is 0 Å². The van der Waals surface area contributed by atoms with Gasteiger partial charge in [-0.15, -0.1) is 0 Å². The molecule has 1 aromatic carbocycles. The third-order valence-corrected chi connectivity index (χ3v) is 4.38. The van der Waals surface area contributed by atoms with Crippen LogP contribution in [0.3, 0.4) is 0 Å². The summed E-state index contributed by atoms with van der Waals surface area (Å²) < 4.78 is 54.9. The highest BCUT2D eigenvalue weighted by atomic mass is 32.2. The monoisotopic (exact) mass is 329 g/mol.